The summed E-state index contributed by atoms with van der Waals surface area (Å²) in [6.45, 7) is 6.31. The summed E-state index contributed by atoms with van der Waals surface area (Å²) in [5.41, 5.74) is 0.297. The van der Waals surface area contributed by atoms with Gasteiger partial charge in [-0.3, -0.25) is 4.79 Å². The molecule has 0 aliphatic carbocycles. The molecule has 0 radical (unpaired) electrons. The van der Waals surface area contributed by atoms with Crippen LogP contribution in [-0.2, 0) is 0 Å². The maximum absolute atomic E-state index is 11.8. The van der Waals surface area contributed by atoms with Gasteiger partial charge in [0, 0.05) is 6.04 Å². The second-order valence-corrected chi connectivity index (χ2v) is 4.75. The van der Waals surface area contributed by atoms with Crippen LogP contribution in [0, 0.1) is 5.92 Å². The maximum Gasteiger partial charge on any atom is 0.272 e. The number of nitrogens with zero attached hydrogens (tertiary/aromatic N) is 2. The molecule has 1 N–H and O–H groups in total. The molecule has 17 heavy (non-hydrogen) atoms. The minimum atomic E-state index is -0.204. The van der Waals surface area contributed by atoms with Gasteiger partial charge in [-0.15, -0.1) is 10.2 Å². The molecular weight excluding hydrogens is 238 g/mol. The number of rotatable bonds is 5. The highest BCUT2D eigenvalue weighted by atomic mass is 35.5. The highest BCUT2D eigenvalue weighted by Crippen LogP contribution is 2.10. The number of nitrogens with one attached hydrogen (secondary N) is 1. The summed E-state index contributed by atoms with van der Waals surface area (Å²) in [5, 5.41) is 10.6. The van der Waals surface area contributed by atoms with Crippen molar-refractivity contribution in [1.82, 2.24) is 15.5 Å². The number of hydrogen-bond acceptors (Lipinski definition) is 3. The van der Waals surface area contributed by atoms with E-state index >= 15 is 0 Å². The van der Waals surface area contributed by atoms with E-state index in [9.17, 15) is 4.79 Å². The summed E-state index contributed by atoms with van der Waals surface area (Å²) in [5.74, 6) is 0.395. The molecule has 0 aliphatic rings. The largest absolute Gasteiger partial charge is 0.348 e. The van der Waals surface area contributed by atoms with Crippen molar-refractivity contribution >= 4 is 17.5 Å². The fourth-order valence-corrected chi connectivity index (χ4v) is 1.66. The van der Waals surface area contributed by atoms with Crippen molar-refractivity contribution < 1.29 is 4.79 Å². The first kappa shape index (κ1) is 13.9. The van der Waals surface area contributed by atoms with Gasteiger partial charge in [0.25, 0.3) is 5.91 Å². The molecule has 5 heteroatoms. The first-order valence-electron chi connectivity index (χ1n) is 5.83. The van der Waals surface area contributed by atoms with E-state index in [1.165, 1.54) is 0 Å². The van der Waals surface area contributed by atoms with Crippen LogP contribution in [0.15, 0.2) is 12.1 Å². The van der Waals surface area contributed by atoms with Crippen molar-refractivity contribution in [3.05, 3.63) is 23.0 Å². The van der Waals surface area contributed by atoms with Crippen LogP contribution in [0.2, 0.25) is 5.15 Å². The number of halogens is 1. The number of aromatic nitrogens is 2. The highest BCUT2D eigenvalue weighted by molar-refractivity contribution is 6.29. The first-order chi connectivity index (χ1) is 8.02. The first-order valence-corrected chi connectivity index (χ1v) is 6.20. The van der Waals surface area contributed by atoms with E-state index in [2.05, 4.69) is 29.4 Å². The van der Waals surface area contributed by atoms with Gasteiger partial charge < -0.3 is 5.32 Å². The zero-order valence-electron chi connectivity index (χ0n) is 10.4. The Kier molecular flexibility index (Phi) is 5.35. The van der Waals surface area contributed by atoms with Gasteiger partial charge in [-0.25, -0.2) is 0 Å². The summed E-state index contributed by atoms with van der Waals surface area (Å²) in [4.78, 5) is 11.8. The summed E-state index contributed by atoms with van der Waals surface area (Å²) < 4.78 is 0. The molecule has 1 heterocycles. The molecule has 0 fully saturated rings. The third kappa shape index (κ3) is 4.69. The van der Waals surface area contributed by atoms with Crippen LogP contribution >= 0.6 is 11.6 Å². The quantitative estimate of drug-likeness (QED) is 0.880. The standard InChI is InChI=1S/C12H18ClN3O/c1-4-8(2)7-9(3)14-12(17)10-5-6-11(13)16-15-10/h5-6,8-9H,4,7H2,1-3H3,(H,14,17). The van der Waals surface area contributed by atoms with Gasteiger partial charge in [0.1, 0.15) is 0 Å². The van der Waals surface area contributed by atoms with E-state index in [1.807, 2.05) is 6.92 Å². The molecule has 1 amide bonds. The molecule has 0 saturated carbocycles. The Morgan fingerprint density at radius 2 is 2.12 bits per heavy atom. The van der Waals surface area contributed by atoms with Crippen molar-refractivity contribution in [2.75, 3.05) is 0 Å². The molecule has 0 aromatic carbocycles. The molecule has 1 rings (SSSR count). The van der Waals surface area contributed by atoms with E-state index in [-0.39, 0.29) is 17.1 Å². The van der Waals surface area contributed by atoms with E-state index < -0.39 is 0 Å². The van der Waals surface area contributed by atoms with Crippen LogP contribution < -0.4 is 5.32 Å². The van der Waals surface area contributed by atoms with E-state index in [0.717, 1.165) is 12.8 Å². The molecule has 2 unspecified atom stereocenters. The lowest BCUT2D eigenvalue weighted by atomic mass is 10.0. The van der Waals surface area contributed by atoms with Gasteiger partial charge >= 0.3 is 0 Å². The summed E-state index contributed by atoms with van der Waals surface area (Å²) in [6, 6.07) is 3.26. The number of amides is 1. The Bertz CT molecular complexity index is 367. The van der Waals surface area contributed by atoms with Crippen LogP contribution in [0.4, 0.5) is 0 Å². The van der Waals surface area contributed by atoms with Gasteiger partial charge in [-0.2, -0.15) is 0 Å². The number of carbonyl (C=O) groups is 1. The van der Waals surface area contributed by atoms with Crippen molar-refractivity contribution in [1.29, 1.82) is 0 Å². The molecule has 0 spiro atoms. The highest BCUT2D eigenvalue weighted by Gasteiger charge is 2.13. The number of hydrogen-bond donors (Lipinski definition) is 1. The average molecular weight is 256 g/mol. The Balaban J connectivity index is 2.51. The zero-order valence-corrected chi connectivity index (χ0v) is 11.2. The molecule has 1 aromatic heterocycles. The lowest BCUT2D eigenvalue weighted by molar-refractivity contribution is 0.0929. The Morgan fingerprint density at radius 3 is 2.65 bits per heavy atom. The summed E-state index contributed by atoms with van der Waals surface area (Å²) in [7, 11) is 0. The minimum absolute atomic E-state index is 0.134. The summed E-state index contributed by atoms with van der Waals surface area (Å²) in [6.07, 6.45) is 2.07. The van der Waals surface area contributed by atoms with E-state index in [4.69, 9.17) is 11.6 Å². The van der Waals surface area contributed by atoms with Gasteiger partial charge in [-0.1, -0.05) is 31.9 Å². The predicted octanol–water partition coefficient (Wildman–Crippen LogP) is 2.68. The van der Waals surface area contributed by atoms with Gasteiger partial charge in [0.15, 0.2) is 10.8 Å². The Labute approximate surface area is 107 Å². The Morgan fingerprint density at radius 1 is 1.41 bits per heavy atom. The molecule has 4 nitrogen and oxygen atoms in total. The summed E-state index contributed by atoms with van der Waals surface area (Å²) >= 11 is 5.60. The smallest absolute Gasteiger partial charge is 0.272 e. The van der Waals surface area contributed by atoms with Crippen molar-refractivity contribution in [3.63, 3.8) is 0 Å². The lowest BCUT2D eigenvalue weighted by Crippen LogP contribution is -2.34. The lowest BCUT2D eigenvalue weighted by Gasteiger charge is -2.17. The molecule has 94 valence electrons. The third-order valence-corrected chi connectivity index (χ3v) is 2.90. The van der Waals surface area contributed by atoms with Crippen molar-refractivity contribution in [2.45, 2.75) is 39.7 Å². The zero-order chi connectivity index (χ0) is 12.8. The second-order valence-electron chi connectivity index (χ2n) is 4.36. The fraction of sp³-hybridized carbons (Fsp3) is 0.583. The monoisotopic (exact) mass is 255 g/mol. The van der Waals surface area contributed by atoms with Crippen LogP contribution in [0.3, 0.4) is 0 Å². The average Bonchev–Trinajstić information content (AvgIpc) is 2.29. The second kappa shape index (κ2) is 6.55. The van der Waals surface area contributed by atoms with Gasteiger partial charge in [-0.05, 0) is 31.4 Å². The van der Waals surface area contributed by atoms with Crippen LogP contribution in [0.5, 0.6) is 0 Å². The van der Waals surface area contributed by atoms with Gasteiger partial charge in [0.05, 0.1) is 0 Å². The molecule has 1 aromatic rings. The molecular formula is C12H18ClN3O. The van der Waals surface area contributed by atoms with E-state index in [1.54, 1.807) is 12.1 Å². The molecule has 0 bridgehead atoms. The number of carbonyl (C=O) groups excluding carboxylic acids is 1. The van der Waals surface area contributed by atoms with Crippen LogP contribution in [0.1, 0.15) is 44.1 Å². The maximum atomic E-state index is 11.8. The predicted molar refractivity (Wildman–Crippen MR) is 68.0 cm³/mol. The minimum Gasteiger partial charge on any atom is -0.348 e. The fourth-order valence-electron chi connectivity index (χ4n) is 1.56. The van der Waals surface area contributed by atoms with Crippen molar-refractivity contribution in [3.8, 4) is 0 Å². The topological polar surface area (TPSA) is 54.9 Å². The van der Waals surface area contributed by atoms with Gasteiger partial charge in [0.2, 0.25) is 0 Å². The molecule has 0 saturated heterocycles. The molecule has 0 aliphatic heterocycles. The third-order valence-electron chi connectivity index (χ3n) is 2.69. The SMILES string of the molecule is CCC(C)CC(C)NC(=O)c1ccc(Cl)nn1. The normalized spacial score (nSPS) is 14.1. The Hall–Kier alpha value is -1.16. The van der Waals surface area contributed by atoms with Crippen LogP contribution in [0.25, 0.3) is 0 Å². The van der Waals surface area contributed by atoms with E-state index in [0.29, 0.717) is 11.6 Å². The van der Waals surface area contributed by atoms with Crippen LogP contribution in [-0.4, -0.2) is 22.1 Å². The molecule has 2 atom stereocenters. The van der Waals surface area contributed by atoms with Crippen molar-refractivity contribution in [2.24, 2.45) is 5.92 Å².